The van der Waals surface area contributed by atoms with Gasteiger partial charge in [0.1, 0.15) is 0 Å². The first kappa shape index (κ1) is 15.3. The van der Waals surface area contributed by atoms with E-state index in [1.54, 1.807) is 7.05 Å². The van der Waals surface area contributed by atoms with Gasteiger partial charge < -0.3 is 5.73 Å². The molecule has 0 aliphatic heterocycles. The summed E-state index contributed by atoms with van der Waals surface area (Å²) in [6.07, 6.45) is 3.69. The summed E-state index contributed by atoms with van der Waals surface area (Å²) in [4.78, 5) is 17.0. The van der Waals surface area contributed by atoms with Crippen LogP contribution in [-0.4, -0.2) is 9.55 Å². The second-order valence-electron chi connectivity index (χ2n) is 6.38. The Balaban J connectivity index is 2.09. The molecule has 1 heterocycles. The molecule has 1 aromatic carbocycles. The minimum Gasteiger partial charge on any atom is -0.369 e. The highest BCUT2D eigenvalue weighted by molar-refractivity contribution is 9.10. The van der Waals surface area contributed by atoms with Crippen LogP contribution in [0.5, 0.6) is 0 Å². The molecule has 22 heavy (non-hydrogen) atoms. The highest BCUT2D eigenvalue weighted by atomic mass is 79.9. The van der Waals surface area contributed by atoms with Crippen LogP contribution in [0, 0.1) is 0 Å². The fourth-order valence-corrected chi connectivity index (χ4v) is 3.88. The molecule has 0 saturated carbocycles. The number of hydrogen-bond acceptors (Lipinski definition) is 3. The van der Waals surface area contributed by atoms with Gasteiger partial charge in [0, 0.05) is 22.5 Å². The van der Waals surface area contributed by atoms with Crippen LogP contribution in [0.2, 0.25) is 0 Å². The van der Waals surface area contributed by atoms with Gasteiger partial charge in [0.25, 0.3) is 5.56 Å². The highest BCUT2D eigenvalue weighted by Crippen LogP contribution is 2.38. The molecule has 1 unspecified atom stereocenters. The van der Waals surface area contributed by atoms with Gasteiger partial charge in [-0.05, 0) is 43.4 Å². The zero-order valence-electron chi connectivity index (χ0n) is 12.9. The smallest absolute Gasteiger partial charge is 0.258 e. The number of rotatable bonds is 2. The van der Waals surface area contributed by atoms with Gasteiger partial charge in [0.2, 0.25) is 5.95 Å². The van der Waals surface area contributed by atoms with Crippen molar-refractivity contribution in [2.75, 3.05) is 5.73 Å². The quantitative estimate of drug-likeness (QED) is 0.894. The number of nitrogen functional groups attached to an aromatic ring is 1. The molecule has 1 aliphatic rings. The van der Waals surface area contributed by atoms with E-state index in [0.29, 0.717) is 5.95 Å². The average Bonchev–Trinajstić information content (AvgIpc) is 2.46. The van der Waals surface area contributed by atoms with Crippen LogP contribution in [-0.2, 0) is 25.3 Å². The topological polar surface area (TPSA) is 60.9 Å². The molecular weight excluding hydrogens is 342 g/mol. The highest BCUT2D eigenvalue weighted by Gasteiger charge is 2.36. The van der Waals surface area contributed by atoms with Gasteiger partial charge in [0.15, 0.2) is 0 Å². The summed E-state index contributed by atoms with van der Waals surface area (Å²) in [5.41, 5.74) is 8.75. The zero-order chi connectivity index (χ0) is 15.9. The van der Waals surface area contributed by atoms with Crippen LogP contribution in [0.25, 0.3) is 0 Å². The number of fused-ring (bicyclic) bond motifs is 1. The van der Waals surface area contributed by atoms with Crippen molar-refractivity contribution in [1.29, 1.82) is 0 Å². The number of hydrogen-bond donors (Lipinski definition) is 1. The Morgan fingerprint density at radius 2 is 2.23 bits per heavy atom. The Bertz CT molecular complexity index is 784. The van der Waals surface area contributed by atoms with Crippen molar-refractivity contribution in [2.45, 2.75) is 38.0 Å². The van der Waals surface area contributed by atoms with Gasteiger partial charge in [-0.3, -0.25) is 9.36 Å². The maximum Gasteiger partial charge on any atom is 0.258 e. The largest absolute Gasteiger partial charge is 0.369 e. The third-order valence-electron chi connectivity index (χ3n) is 4.63. The molecule has 3 rings (SSSR count). The van der Waals surface area contributed by atoms with Crippen molar-refractivity contribution in [3.63, 3.8) is 0 Å². The number of nitrogens with two attached hydrogens (primary N) is 1. The van der Waals surface area contributed by atoms with Gasteiger partial charge in [-0.2, -0.15) is 0 Å². The second-order valence-corrected chi connectivity index (χ2v) is 7.30. The van der Waals surface area contributed by atoms with Gasteiger partial charge in [-0.25, -0.2) is 4.98 Å². The standard InChI is InChI=1S/C17H20BrN3O/c1-17(10-11-5-3-6-12(18)9-11)8-4-7-13-14(17)20-16(19)21(2)15(13)22/h3,5-6,9H,4,7-8,10H2,1-2H3,(H2,19,20). The van der Waals surface area contributed by atoms with Crippen LogP contribution < -0.4 is 11.3 Å². The number of nitrogens with zero attached hydrogens (tertiary/aromatic N) is 2. The molecule has 0 spiro atoms. The summed E-state index contributed by atoms with van der Waals surface area (Å²) in [6, 6.07) is 8.31. The maximum atomic E-state index is 12.5. The number of anilines is 1. The molecule has 1 aliphatic carbocycles. The Morgan fingerprint density at radius 1 is 1.45 bits per heavy atom. The Morgan fingerprint density at radius 3 is 2.95 bits per heavy atom. The Kier molecular flexibility index (Phi) is 3.85. The molecule has 0 amide bonds. The monoisotopic (exact) mass is 361 g/mol. The zero-order valence-corrected chi connectivity index (χ0v) is 14.5. The van der Waals surface area contributed by atoms with Crippen LogP contribution in [0.4, 0.5) is 5.95 Å². The Hall–Kier alpha value is -1.62. The van der Waals surface area contributed by atoms with E-state index in [1.807, 2.05) is 12.1 Å². The van der Waals surface area contributed by atoms with Crippen molar-refractivity contribution in [2.24, 2.45) is 7.05 Å². The first-order chi connectivity index (χ1) is 10.4. The molecule has 4 nitrogen and oxygen atoms in total. The lowest BCUT2D eigenvalue weighted by atomic mass is 9.71. The lowest BCUT2D eigenvalue weighted by molar-refractivity contribution is 0.375. The average molecular weight is 362 g/mol. The molecule has 0 bridgehead atoms. The lowest BCUT2D eigenvalue weighted by Gasteiger charge is -2.35. The fraction of sp³-hybridized carbons (Fsp3) is 0.412. The van der Waals surface area contributed by atoms with Crippen molar-refractivity contribution in [1.82, 2.24) is 9.55 Å². The molecule has 116 valence electrons. The number of halogens is 1. The molecular formula is C17H20BrN3O. The first-order valence-corrected chi connectivity index (χ1v) is 8.30. The van der Waals surface area contributed by atoms with E-state index in [-0.39, 0.29) is 11.0 Å². The van der Waals surface area contributed by atoms with Crippen LogP contribution in [0.15, 0.2) is 33.5 Å². The third kappa shape index (κ3) is 2.58. The van der Waals surface area contributed by atoms with Crippen LogP contribution in [0.3, 0.4) is 0 Å². The molecule has 2 aromatic rings. The van der Waals surface area contributed by atoms with Gasteiger partial charge in [0.05, 0.1) is 5.69 Å². The van der Waals surface area contributed by atoms with Crippen molar-refractivity contribution < 1.29 is 0 Å². The third-order valence-corrected chi connectivity index (χ3v) is 5.12. The van der Waals surface area contributed by atoms with Crippen molar-refractivity contribution >= 4 is 21.9 Å². The molecule has 0 radical (unpaired) electrons. The predicted octanol–water partition coefficient (Wildman–Crippen LogP) is 2.96. The van der Waals surface area contributed by atoms with E-state index in [2.05, 4.69) is 40.0 Å². The molecule has 5 heteroatoms. The van der Waals surface area contributed by atoms with Crippen LogP contribution in [0.1, 0.15) is 36.6 Å². The van der Waals surface area contributed by atoms with E-state index < -0.39 is 0 Å². The van der Waals surface area contributed by atoms with E-state index in [4.69, 9.17) is 5.73 Å². The maximum absolute atomic E-state index is 12.5. The molecule has 1 aromatic heterocycles. The van der Waals surface area contributed by atoms with Gasteiger partial charge in [-0.1, -0.05) is 35.0 Å². The van der Waals surface area contributed by atoms with Crippen LogP contribution >= 0.6 is 15.9 Å². The molecule has 0 fully saturated rings. The molecule has 0 saturated heterocycles. The lowest BCUT2D eigenvalue weighted by Crippen LogP contribution is -2.38. The summed E-state index contributed by atoms with van der Waals surface area (Å²) in [6.45, 7) is 2.19. The van der Waals surface area contributed by atoms with Crippen molar-refractivity contribution in [3.8, 4) is 0 Å². The minimum absolute atomic E-state index is 0.00247. The van der Waals surface area contributed by atoms with Gasteiger partial charge in [-0.15, -0.1) is 0 Å². The SMILES string of the molecule is Cn1c(N)nc2c(c1=O)CCCC2(C)Cc1cccc(Br)c1. The molecule has 1 atom stereocenters. The predicted molar refractivity (Wildman–Crippen MR) is 92.0 cm³/mol. The number of benzene rings is 1. The summed E-state index contributed by atoms with van der Waals surface area (Å²) in [5, 5.41) is 0. The van der Waals surface area contributed by atoms with Gasteiger partial charge >= 0.3 is 0 Å². The first-order valence-electron chi connectivity index (χ1n) is 7.51. The minimum atomic E-state index is -0.143. The normalized spacial score (nSPS) is 20.7. The summed E-state index contributed by atoms with van der Waals surface area (Å²) < 4.78 is 2.52. The summed E-state index contributed by atoms with van der Waals surface area (Å²) in [7, 11) is 1.69. The summed E-state index contributed by atoms with van der Waals surface area (Å²) >= 11 is 3.52. The van der Waals surface area contributed by atoms with E-state index in [9.17, 15) is 4.79 Å². The molecule has 2 N–H and O–H groups in total. The van der Waals surface area contributed by atoms with E-state index in [1.165, 1.54) is 10.1 Å². The fourth-order valence-electron chi connectivity index (χ4n) is 3.43. The van der Waals surface area contributed by atoms with Crippen molar-refractivity contribution in [3.05, 3.63) is 55.9 Å². The second kappa shape index (κ2) is 5.54. The number of aromatic nitrogens is 2. The summed E-state index contributed by atoms with van der Waals surface area (Å²) in [5.74, 6) is 0.297. The van der Waals surface area contributed by atoms with E-state index >= 15 is 0 Å². The Labute approximate surface area is 138 Å². The van der Waals surface area contributed by atoms with E-state index in [0.717, 1.165) is 41.4 Å².